The number of rotatable bonds is 17. The molecule has 0 aliphatic carbocycles. The van der Waals surface area contributed by atoms with Gasteiger partial charge in [-0.1, -0.05) is 121 Å². The maximum atomic E-state index is 14.5. The van der Waals surface area contributed by atoms with Gasteiger partial charge in [-0.3, -0.25) is 13.6 Å². The van der Waals surface area contributed by atoms with Crippen molar-refractivity contribution in [3.05, 3.63) is 161 Å². The number of ether oxygens (including phenoxy) is 1. The van der Waals surface area contributed by atoms with Gasteiger partial charge in [-0.05, 0) is 34.4 Å². The second-order valence-corrected chi connectivity index (χ2v) is 14.0. The highest BCUT2D eigenvalue weighted by molar-refractivity contribution is 7.62. The summed E-state index contributed by atoms with van der Waals surface area (Å²) in [6.07, 6.45) is 0. The van der Waals surface area contributed by atoms with Crippen LogP contribution in [0.25, 0.3) is 0 Å². The molecule has 0 saturated heterocycles. The third-order valence-electron chi connectivity index (χ3n) is 6.98. The van der Waals surface area contributed by atoms with E-state index in [1.165, 1.54) is 19.2 Å². The zero-order valence-corrected chi connectivity index (χ0v) is 27.6. The van der Waals surface area contributed by atoms with Crippen molar-refractivity contribution < 1.29 is 41.6 Å². The lowest BCUT2D eigenvalue weighted by atomic mass is 10.2. The Morgan fingerprint density at radius 2 is 0.936 bits per heavy atom. The molecular formula is C36H36O9P2. The Morgan fingerprint density at radius 3 is 1.30 bits per heavy atom. The maximum absolute atomic E-state index is 14.5. The summed E-state index contributed by atoms with van der Waals surface area (Å²) in [4.78, 5) is 0. The smallest absolute Gasteiger partial charge is 0.493 e. The zero-order valence-electron chi connectivity index (χ0n) is 25.8. The monoisotopic (exact) mass is 674 g/mol. The van der Waals surface area contributed by atoms with E-state index in [1.54, 1.807) is 0 Å². The molecule has 0 saturated carbocycles. The minimum atomic E-state index is -4.34. The summed E-state index contributed by atoms with van der Waals surface area (Å²) in [7, 11) is -7.00. The second kappa shape index (κ2) is 16.7. The first kappa shape index (κ1) is 34.3. The third-order valence-corrected chi connectivity index (χ3v) is 10.1. The summed E-state index contributed by atoms with van der Waals surface area (Å²) in [6.45, 7) is -0.737. The molecule has 0 spiro atoms. The molecule has 0 heterocycles. The van der Waals surface area contributed by atoms with E-state index in [1.807, 2.05) is 121 Å². The maximum Gasteiger partial charge on any atom is 0.530 e. The topological polar surface area (TPSA) is 110 Å². The molecule has 0 aromatic heterocycles. The van der Waals surface area contributed by atoms with Gasteiger partial charge in [0.2, 0.25) is 0 Å². The van der Waals surface area contributed by atoms with Crippen molar-refractivity contribution in [2.75, 3.05) is 7.11 Å². The lowest BCUT2D eigenvalue weighted by molar-refractivity contribution is 0.141. The Bertz CT molecular complexity index is 1670. The van der Waals surface area contributed by atoms with Crippen LogP contribution < -0.4 is 14.6 Å². The van der Waals surface area contributed by atoms with Crippen LogP contribution in [0.15, 0.2) is 133 Å². The molecule has 0 bridgehead atoms. The molecular weight excluding hydrogens is 638 g/mol. The summed E-state index contributed by atoms with van der Waals surface area (Å²) in [6, 6.07) is 39.7. The average Bonchev–Trinajstić information content (AvgIpc) is 3.13. The van der Waals surface area contributed by atoms with Gasteiger partial charge in [0.1, 0.15) is 0 Å². The van der Waals surface area contributed by atoms with Crippen molar-refractivity contribution >= 4 is 20.7 Å². The number of benzene rings is 5. The summed E-state index contributed by atoms with van der Waals surface area (Å²) < 4.78 is 63.8. The van der Waals surface area contributed by atoms with Gasteiger partial charge in [-0.2, -0.15) is 0 Å². The van der Waals surface area contributed by atoms with Crippen LogP contribution in [0.3, 0.4) is 0 Å². The highest BCUT2D eigenvalue weighted by Crippen LogP contribution is 2.55. The first-order chi connectivity index (χ1) is 22.9. The van der Waals surface area contributed by atoms with Crippen molar-refractivity contribution in [2.24, 2.45) is 0 Å². The molecule has 0 radical (unpaired) electrons. The van der Waals surface area contributed by atoms with Crippen LogP contribution in [0.2, 0.25) is 0 Å². The van der Waals surface area contributed by atoms with E-state index in [0.717, 1.165) is 22.3 Å². The molecule has 0 aliphatic heterocycles. The molecule has 0 aliphatic rings. The van der Waals surface area contributed by atoms with Crippen LogP contribution >= 0.6 is 15.4 Å². The van der Waals surface area contributed by atoms with Gasteiger partial charge in [0.25, 0.3) is 0 Å². The highest BCUT2D eigenvalue weighted by atomic mass is 31.2. The van der Waals surface area contributed by atoms with Crippen molar-refractivity contribution in [1.29, 1.82) is 0 Å². The van der Waals surface area contributed by atoms with Crippen molar-refractivity contribution in [1.82, 2.24) is 0 Å². The van der Waals surface area contributed by atoms with E-state index in [2.05, 4.69) is 0 Å². The van der Waals surface area contributed by atoms with Crippen LogP contribution in [0.5, 0.6) is 11.5 Å². The predicted molar refractivity (Wildman–Crippen MR) is 179 cm³/mol. The average molecular weight is 675 g/mol. The SMILES string of the molecule is COc1cc(P(=O)(OCc2ccccc2)OCc2ccccc2)cc(CO)c1OP(=O)(OCc1ccccc1)OCc1ccccc1. The van der Waals surface area contributed by atoms with Crippen molar-refractivity contribution in [3.8, 4) is 11.5 Å². The molecule has 11 heteroatoms. The fourth-order valence-corrected chi connectivity index (χ4v) is 7.31. The minimum Gasteiger partial charge on any atom is -0.493 e. The highest BCUT2D eigenvalue weighted by Gasteiger charge is 2.35. The van der Waals surface area contributed by atoms with Crippen LogP contribution in [-0.4, -0.2) is 12.2 Å². The lowest BCUT2D eigenvalue weighted by Gasteiger charge is -2.24. The zero-order chi connectivity index (χ0) is 33.0. The first-order valence-corrected chi connectivity index (χ1v) is 17.9. The molecule has 5 rings (SSSR count). The largest absolute Gasteiger partial charge is 0.530 e. The molecule has 5 aromatic rings. The number of phosphoric ester groups is 1. The molecule has 0 fully saturated rings. The van der Waals surface area contributed by atoms with Gasteiger partial charge in [0, 0.05) is 5.56 Å². The molecule has 0 amide bonds. The number of aliphatic hydroxyl groups is 1. The standard InChI is InChI=1S/C36H36O9P2/c1-40-35-23-34(46(38,41-25-29-14-6-2-7-15-29)42-26-30-16-8-3-9-17-30)22-33(24-37)36(35)45-47(39,43-27-31-18-10-4-11-19-31)44-28-32-20-12-5-13-21-32/h2-23,37H,24-28H2,1H3. The molecule has 5 aromatic carbocycles. The Labute approximate surface area is 274 Å². The van der Waals surface area contributed by atoms with Gasteiger partial charge in [-0.15, -0.1) is 0 Å². The van der Waals surface area contributed by atoms with Crippen molar-refractivity contribution in [3.63, 3.8) is 0 Å². The van der Waals surface area contributed by atoms with Crippen LogP contribution in [0.1, 0.15) is 27.8 Å². The Balaban J connectivity index is 1.47. The number of phosphoric acid groups is 1. The van der Waals surface area contributed by atoms with E-state index >= 15 is 0 Å². The normalized spacial score (nSPS) is 11.7. The van der Waals surface area contributed by atoms with E-state index in [4.69, 9.17) is 27.4 Å². The van der Waals surface area contributed by atoms with Gasteiger partial charge in [0.05, 0.1) is 45.4 Å². The molecule has 244 valence electrons. The molecule has 0 atom stereocenters. The Hall–Kier alpha value is -4.04. The number of methoxy groups -OCH3 is 1. The van der Waals surface area contributed by atoms with Crippen LogP contribution in [-0.2, 0) is 60.3 Å². The van der Waals surface area contributed by atoms with E-state index in [0.29, 0.717) is 0 Å². The van der Waals surface area contributed by atoms with Gasteiger partial charge < -0.3 is 23.4 Å². The lowest BCUT2D eigenvalue weighted by Crippen LogP contribution is -2.14. The summed E-state index contributed by atoms with van der Waals surface area (Å²) in [5.41, 5.74) is 3.18. The second-order valence-electron chi connectivity index (χ2n) is 10.4. The summed E-state index contributed by atoms with van der Waals surface area (Å²) in [5, 5.41) is 10.6. The Morgan fingerprint density at radius 1 is 0.553 bits per heavy atom. The summed E-state index contributed by atoms with van der Waals surface area (Å²) >= 11 is 0. The van der Waals surface area contributed by atoms with Gasteiger partial charge >= 0.3 is 15.4 Å². The van der Waals surface area contributed by atoms with Gasteiger partial charge in [-0.25, -0.2) is 4.57 Å². The van der Waals surface area contributed by atoms with E-state index in [9.17, 15) is 14.2 Å². The number of aliphatic hydroxyl groups excluding tert-OH is 1. The summed E-state index contributed by atoms with van der Waals surface area (Å²) in [5.74, 6) is -0.0777. The molecule has 9 nitrogen and oxygen atoms in total. The number of hydrogen-bond donors (Lipinski definition) is 1. The van der Waals surface area contributed by atoms with Crippen LogP contribution in [0.4, 0.5) is 0 Å². The van der Waals surface area contributed by atoms with E-state index in [-0.39, 0.29) is 48.8 Å². The minimum absolute atomic E-state index is 0.00220. The fourth-order valence-electron chi connectivity index (χ4n) is 4.49. The van der Waals surface area contributed by atoms with Gasteiger partial charge in [0.15, 0.2) is 11.5 Å². The number of hydrogen-bond acceptors (Lipinski definition) is 9. The van der Waals surface area contributed by atoms with Crippen LogP contribution in [0, 0.1) is 0 Å². The first-order valence-electron chi connectivity index (χ1n) is 14.9. The quantitative estimate of drug-likeness (QED) is 0.0973. The van der Waals surface area contributed by atoms with Crippen molar-refractivity contribution in [2.45, 2.75) is 33.0 Å². The molecule has 1 N–H and O–H groups in total. The van der Waals surface area contributed by atoms with E-state index < -0.39 is 22.0 Å². The molecule has 0 unspecified atom stereocenters. The molecule has 47 heavy (non-hydrogen) atoms. The fraction of sp³-hybridized carbons (Fsp3) is 0.167. The predicted octanol–water partition coefficient (Wildman–Crippen LogP) is 8.36. The Kier molecular flexibility index (Phi) is 12.2. The third kappa shape index (κ3) is 9.74.